The second-order valence-corrected chi connectivity index (χ2v) is 9.70. The number of hydrogen-bond donors (Lipinski definition) is 1. The van der Waals surface area contributed by atoms with Crippen LogP contribution < -0.4 is 0 Å². The minimum atomic E-state index is -1.83. The molecular weight excluding hydrogens is 460 g/mol. The smallest absolute Gasteiger partial charge is 0.342 e. The average Bonchev–Trinajstić information content (AvgIpc) is 3.11. The van der Waals surface area contributed by atoms with Crippen LogP contribution in [0.1, 0.15) is 47.0 Å². The lowest BCUT2D eigenvalue weighted by molar-refractivity contribution is -0.265. The number of rotatable bonds is 4. The number of carbonyl (C=O) groups excluding carboxylic acids is 4. The SMILES string of the molecule is C=C(COC(C)=O)C(=O)OC1CC2(C)OC(=O)C(=CC)C23CCC(C)(O)C=C2OC(=O)C(=C)C21O3. The Bertz CT molecular complexity index is 1130. The predicted octanol–water partition coefficient (Wildman–Crippen LogP) is 1.72. The molecule has 0 aromatic rings. The fourth-order valence-corrected chi connectivity index (χ4v) is 5.31. The van der Waals surface area contributed by atoms with Gasteiger partial charge >= 0.3 is 23.9 Å². The van der Waals surface area contributed by atoms with Crippen molar-refractivity contribution in [2.24, 2.45) is 0 Å². The first-order valence-electron chi connectivity index (χ1n) is 11.2. The first kappa shape index (κ1) is 24.9. The summed E-state index contributed by atoms with van der Waals surface area (Å²) in [6.07, 6.45) is 1.91. The van der Waals surface area contributed by atoms with Gasteiger partial charge in [-0.15, -0.1) is 0 Å². The Morgan fingerprint density at radius 2 is 1.94 bits per heavy atom. The monoisotopic (exact) mass is 488 g/mol. The van der Waals surface area contributed by atoms with E-state index in [1.807, 2.05) is 0 Å². The zero-order valence-corrected chi connectivity index (χ0v) is 20.1. The minimum absolute atomic E-state index is 0.0716. The summed E-state index contributed by atoms with van der Waals surface area (Å²) in [5.74, 6) is -3.04. The summed E-state index contributed by atoms with van der Waals surface area (Å²) in [5, 5.41) is 11.1. The topological polar surface area (TPSA) is 135 Å². The van der Waals surface area contributed by atoms with Crippen LogP contribution in [0.2, 0.25) is 0 Å². The van der Waals surface area contributed by atoms with Crippen molar-refractivity contribution in [3.63, 3.8) is 0 Å². The fraction of sp³-hybridized carbons (Fsp3) is 0.520. The third-order valence-corrected chi connectivity index (χ3v) is 7.16. The van der Waals surface area contributed by atoms with E-state index in [1.54, 1.807) is 19.9 Å². The van der Waals surface area contributed by atoms with Gasteiger partial charge in [0.05, 0.1) is 22.3 Å². The molecule has 5 atom stereocenters. The van der Waals surface area contributed by atoms with Crippen LogP contribution in [0.5, 0.6) is 0 Å². The van der Waals surface area contributed by atoms with Gasteiger partial charge in [0, 0.05) is 13.3 Å². The first-order chi connectivity index (χ1) is 16.2. The summed E-state index contributed by atoms with van der Waals surface area (Å²) in [6.45, 7) is 13.1. The molecule has 0 radical (unpaired) electrons. The van der Waals surface area contributed by atoms with Crippen molar-refractivity contribution in [2.45, 2.75) is 75.5 Å². The zero-order valence-electron chi connectivity index (χ0n) is 20.1. The van der Waals surface area contributed by atoms with Crippen LogP contribution in [0.25, 0.3) is 0 Å². The molecule has 5 unspecified atom stereocenters. The molecule has 10 heteroatoms. The van der Waals surface area contributed by atoms with E-state index in [2.05, 4.69) is 13.2 Å². The quantitative estimate of drug-likeness (QED) is 0.354. The van der Waals surface area contributed by atoms with Gasteiger partial charge in [0.25, 0.3) is 0 Å². The summed E-state index contributed by atoms with van der Waals surface area (Å²) < 4.78 is 28.5. The van der Waals surface area contributed by atoms with Crippen molar-refractivity contribution in [3.8, 4) is 0 Å². The van der Waals surface area contributed by atoms with E-state index in [0.717, 1.165) is 0 Å². The summed E-state index contributed by atoms with van der Waals surface area (Å²) in [7, 11) is 0. The Kier molecular flexibility index (Phi) is 5.61. The second kappa shape index (κ2) is 7.89. The first-order valence-corrected chi connectivity index (χ1v) is 11.2. The Balaban J connectivity index is 1.87. The third kappa shape index (κ3) is 3.54. The summed E-state index contributed by atoms with van der Waals surface area (Å²) >= 11 is 0. The molecular formula is C25H28O10. The van der Waals surface area contributed by atoms with Crippen LogP contribution in [-0.2, 0) is 42.9 Å². The predicted molar refractivity (Wildman–Crippen MR) is 118 cm³/mol. The minimum Gasteiger partial charge on any atom is -0.461 e. The molecule has 2 bridgehead atoms. The highest BCUT2D eigenvalue weighted by atomic mass is 16.7. The van der Waals surface area contributed by atoms with Gasteiger partial charge in [-0.2, -0.15) is 0 Å². The number of carbonyl (C=O) groups is 4. The summed E-state index contributed by atoms with van der Waals surface area (Å²) in [5.41, 5.74) is -6.08. The van der Waals surface area contributed by atoms with Crippen molar-refractivity contribution in [1.82, 2.24) is 0 Å². The van der Waals surface area contributed by atoms with Gasteiger partial charge < -0.3 is 28.8 Å². The molecule has 0 saturated carbocycles. The van der Waals surface area contributed by atoms with E-state index in [4.69, 9.17) is 23.7 Å². The molecule has 4 aliphatic heterocycles. The second-order valence-electron chi connectivity index (χ2n) is 9.70. The Morgan fingerprint density at radius 1 is 1.26 bits per heavy atom. The molecule has 4 heterocycles. The Hall–Kier alpha value is -3.24. The van der Waals surface area contributed by atoms with Crippen molar-refractivity contribution >= 4 is 23.9 Å². The highest BCUT2D eigenvalue weighted by molar-refractivity contribution is 5.98. The molecule has 10 nitrogen and oxygen atoms in total. The fourth-order valence-electron chi connectivity index (χ4n) is 5.31. The molecule has 4 aliphatic rings. The molecule has 4 rings (SSSR count). The van der Waals surface area contributed by atoms with Crippen molar-refractivity contribution in [3.05, 3.63) is 47.8 Å². The highest BCUT2D eigenvalue weighted by Gasteiger charge is 2.75. The lowest BCUT2D eigenvalue weighted by atomic mass is 9.65. The van der Waals surface area contributed by atoms with E-state index in [0.29, 0.717) is 0 Å². The van der Waals surface area contributed by atoms with E-state index in [-0.39, 0.29) is 41.7 Å². The number of hydrogen-bond acceptors (Lipinski definition) is 10. The van der Waals surface area contributed by atoms with Gasteiger partial charge in [-0.05, 0) is 39.7 Å². The maximum absolute atomic E-state index is 12.9. The number of allylic oxidation sites excluding steroid dienone is 1. The molecule has 188 valence electrons. The normalized spacial score (nSPS) is 38.9. The van der Waals surface area contributed by atoms with E-state index >= 15 is 0 Å². The van der Waals surface area contributed by atoms with E-state index in [9.17, 15) is 24.3 Å². The number of aliphatic hydroxyl groups is 1. The largest absolute Gasteiger partial charge is 0.461 e. The van der Waals surface area contributed by atoms with Crippen molar-refractivity contribution < 1.29 is 48.0 Å². The summed E-state index contributed by atoms with van der Waals surface area (Å²) in [6, 6.07) is 0. The van der Waals surface area contributed by atoms with Crippen molar-refractivity contribution in [2.75, 3.05) is 6.61 Å². The molecule has 0 aromatic heterocycles. The molecule has 0 aliphatic carbocycles. The van der Waals surface area contributed by atoms with Crippen LogP contribution >= 0.6 is 0 Å². The standard InChI is InChI=1S/C25H28O10/c1-7-16-21(29)34-23(6)11-18(32-19(27)13(2)12-31-15(4)26)25-14(3)20(28)33-17(25)10-22(5,30)8-9-24(16,23)35-25/h7,10,18,30H,2-3,8-9,11-12H2,1,4-6H3. The third-order valence-electron chi connectivity index (χ3n) is 7.16. The van der Waals surface area contributed by atoms with Crippen LogP contribution in [0.4, 0.5) is 0 Å². The number of esters is 4. The summed E-state index contributed by atoms with van der Waals surface area (Å²) in [4.78, 5) is 49.7. The lowest BCUT2D eigenvalue weighted by Crippen LogP contribution is -2.68. The molecule has 0 amide bonds. The van der Waals surface area contributed by atoms with Gasteiger partial charge in [0.1, 0.15) is 29.7 Å². The Morgan fingerprint density at radius 3 is 2.57 bits per heavy atom. The van der Waals surface area contributed by atoms with Crippen molar-refractivity contribution in [1.29, 1.82) is 0 Å². The van der Waals surface area contributed by atoms with E-state index in [1.165, 1.54) is 19.9 Å². The Labute approximate surface area is 202 Å². The maximum atomic E-state index is 12.9. The van der Waals surface area contributed by atoms with Gasteiger partial charge in [0.15, 0.2) is 5.60 Å². The van der Waals surface area contributed by atoms with Gasteiger partial charge in [-0.3, -0.25) is 4.79 Å². The van der Waals surface area contributed by atoms with Gasteiger partial charge in [-0.1, -0.05) is 19.2 Å². The van der Waals surface area contributed by atoms with Crippen LogP contribution in [0.15, 0.2) is 47.8 Å². The van der Waals surface area contributed by atoms with Crippen LogP contribution in [-0.4, -0.2) is 64.1 Å². The maximum Gasteiger partial charge on any atom is 0.342 e. The zero-order chi connectivity index (χ0) is 26.0. The lowest BCUT2D eigenvalue weighted by Gasteiger charge is -2.55. The average molecular weight is 488 g/mol. The van der Waals surface area contributed by atoms with Gasteiger partial charge in [-0.25, -0.2) is 14.4 Å². The number of ether oxygens (including phenoxy) is 5. The molecule has 2 spiro atoms. The molecule has 3 saturated heterocycles. The molecule has 0 aromatic carbocycles. The highest BCUT2D eigenvalue weighted by Crippen LogP contribution is 2.61. The van der Waals surface area contributed by atoms with Gasteiger partial charge in [0.2, 0.25) is 0 Å². The van der Waals surface area contributed by atoms with Crippen LogP contribution in [0, 0.1) is 0 Å². The van der Waals surface area contributed by atoms with Crippen LogP contribution in [0.3, 0.4) is 0 Å². The molecule has 1 N–H and O–H groups in total. The van der Waals surface area contributed by atoms with E-state index < -0.39 is 59.0 Å². The molecule has 35 heavy (non-hydrogen) atoms. The molecule has 3 fully saturated rings.